The Morgan fingerprint density at radius 2 is 2.12 bits per heavy atom. The minimum atomic E-state index is -1.47. The molecule has 92 valence electrons. The van der Waals surface area contributed by atoms with E-state index in [4.69, 9.17) is 4.74 Å². The third kappa shape index (κ3) is 2.25. The van der Waals surface area contributed by atoms with E-state index < -0.39 is 7.12 Å². The first-order chi connectivity index (χ1) is 8.25. The molecule has 1 aliphatic carbocycles. The largest absolute Gasteiger partial charge is 0.507 e. The maximum absolute atomic E-state index is 9.39. The van der Waals surface area contributed by atoms with Crippen LogP contribution in [0.5, 0.6) is 0 Å². The van der Waals surface area contributed by atoms with Gasteiger partial charge in [0.25, 0.3) is 0 Å². The van der Waals surface area contributed by atoms with Crippen LogP contribution in [-0.2, 0) is 4.74 Å². The topological polar surface area (TPSA) is 67.5 Å². The molecule has 1 aromatic heterocycles. The second-order valence-electron chi connectivity index (χ2n) is 4.91. The number of hydrogen-bond donors (Lipinski definition) is 2. The zero-order chi connectivity index (χ0) is 11.8. The van der Waals surface area contributed by atoms with Crippen LogP contribution in [0.4, 0.5) is 0 Å². The summed E-state index contributed by atoms with van der Waals surface area (Å²) in [5.41, 5.74) is 1.43. The van der Waals surface area contributed by atoms with Crippen molar-refractivity contribution in [1.82, 2.24) is 9.78 Å². The van der Waals surface area contributed by atoms with Gasteiger partial charge in [0.1, 0.15) is 6.23 Å². The fourth-order valence-corrected chi connectivity index (χ4v) is 2.35. The summed E-state index contributed by atoms with van der Waals surface area (Å²) in [6.45, 7) is 0.726. The minimum Gasteiger partial charge on any atom is -0.422 e. The Hall–Kier alpha value is -0.845. The van der Waals surface area contributed by atoms with Gasteiger partial charge in [-0.25, -0.2) is 4.68 Å². The molecule has 17 heavy (non-hydrogen) atoms. The van der Waals surface area contributed by atoms with Crippen molar-refractivity contribution in [1.29, 1.82) is 0 Å². The fraction of sp³-hybridized carbons (Fsp3) is 0.727. The molecule has 1 atom stereocenters. The van der Waals surface area contributed by atoms with Gasteiger partial charge in [-0.3, -0.25) is 0 Å². The first kappa shape index (κ1) is 11.3. The summed E-state index contributed by atoms with van der Waals surface area (Å²) < 4.78 is 7.31. The molecule has 0 spiro atoms. The Morgan fingerprint density at radius 3 is 2.71 bits per heavy atom. The highest BCUT2D eigenvalue weighted by molar-refractivity contribution is 6.57. The Labute approximate surface area is 101 Å². The molecular formula is C11H17BN2O3. The van der Waals surface area contributed by atoms with Crippen LogP contribution >= 0.6 is 0 Å². The van der Waals surface area contributed by atoms with Crippen molar-refractivity contribution < 1.29 is 14.8 Å². The van der Waals surface area contributed by atoms with E-state index in [1.807, 2.05) is 0 Å². The number of hydrogen-bond acceptors (Lipinski definition) is 4. The van der Waals surface area contributed by atoms with E-state index in [-0.39, 0.29) is 6.23 Å². The molecule has 2 N–H and O–H groups in total. The molecule has 0 amide bonds. The molecule has 2 fully saturated rings. The lowest BCUT2D eigenvalue weighted by Gasteiger charge is -2.24. The maximum Gasteiger partial charge on any atom is 0.507 e. The van der Waals surface area contributed by atoms with E-state index in [1.54, 1.807) is 10.7 Å². The summed E-state index contributed by atoms with van der Waals surface area (Å²) >= 11 is 0. The predicted molar refractivity (Wildman–Crippen MR) is 62.9 cm³/mol. The Morgan fingerprint density at radius 1 is 1.29 bits per heavy atom. The lowest BCUT2D eigenvalue weighted by molar-refractivity contribution is -0.0381. The van der Waals surface area contributed by atoms with E-state index in [0.29, 0.717) is 11.5 Å². The third-order valence-corrected chi connectivity index (χ3v) is 3.47. The van der Waals surface area contributed by atoms with Crippen molar-refractivity contribution in [3.8, 4) is 0 Å². The molecular weight excluding hydrogens is 219 g/mol. The van der Waals surface area contributed by atoms with Gasteiger partial charge < -0.3 is 14.8 Å². The van der Waals surface area contributed by atoms with Crippen molar-refractivity contribution in [2.45, 2.75) is 44.2 Å². The van der Waals surface area contributed by atoms with Crippen molar-refractivity contribution in [3.63, 3.8) is 0 Å². The minimum absolute atomic E-state index is 0.131. The van der Waals surface area contributed by atoms with E-state index in [2.05, 4.69) is 5.10 Å². The van der Waals surface area contributed by atoms with Gasteiger partial charge in [-0.1, -0.05) is 0 Å². The second kappa shape index (κ2) is 4.44. The third-order valence-electron chi connectivity index (χ3n) is 3.47. The predicted octanol–water partition coefficient (Wildman–Crippen LogP) is 0.139. The number of nitrogens with zero attached hydrogens (tertiary/aromatic N) is 2. The first-order valence-corrected chi connectivity index (χ1v) is 6.33. The zero-order valence-electron chi connectivity index (χ0n) is 9.75. The molecule has 2 aliphatic rings. The van der Waals surface area contributed by atoms with Gasteiger partial charge in [-0.2, -0.15) is 5.10 Å². The molecule has 1 saturated carbocycles. The molecule has 1 aromatic rings. The summed E-state index contributed by atoms with van der Waals surface area (Å²) in [4.78, 5) is 0. The number of aromatic nitrogens is 2. The standard InChI is InChI=1S/C11H17BN2O3/c15-12(16)10-7-9(8-4-5-8)13-14(10)11-3-1-2-6-17-11/h7-8,11,15-16H,1-6H2. The summed E-state index contributed by atoms with van der Waals surface area (Å²) in [7, 11) is -1.47. The monoisotopic (exact) mass is 236 g/mol. The summed E-state index contributed by atoms with van der Waals surface area (Å²) in [5.74, 6) is 0.511. The molecule has 3 rings (SSSR count). The van der Waals surface area contributed by atoms with Gasteiger partial charge in [0.15, 0.2) is 0 Å². The molecule has 0 radical (unpaired) electrons. The second-order valence-corrected chi connectivity index (χ2v) is 4.91. The van der Waals surface area contributed by atoms with Gasteiger partial charge in [-0.05, 0) is 38.2 Å². The first-order valence-electron chi connectivity index (χ1n) is 6.33. The highest BCUT2D eigenvalue weighted by atomic mass is 16.5. The average Bonchev–Trinajstić information content (AvgIpc) is 3.09. The molecule has 6 heteroatoms. The van der Waals surface area contributed by atoms with Gasteiger partial charge >= 0.3 is 7.12 Å². The Bertz CT molecular complexity index is 397. The van der Waals surface area contributed by atoms with E-state index >= 15 is 0 Å². The van der Waals surface area contributed by atoms with Gasteiger partial charge in [0.05, 0.1) is 11.3 Å². The van der Waals surface area contributed by atoms with Gasteiger partial charge in [0, 0.05) is 12.5 Å². The fourth-order valence-electron chi connectivity index (χ4n) is 2.35. The zero-order valence-corrected chi connectivity index (χ0v) is 9.75. The molecule has 0 aromatic carbocycles. The van der Waals surface area contributed by atoms with Crippen molar-refractivity contribution >= 4 is 12.7 Å². The number of rotatable bonds is 3. The van der Waals surface area contributed by atoms with Crippen molar-refractivity contribution in [2.75, 3.05) is 6.61 Å². The van der Waals surface area contributed by atoms with E-state index in [9.17, 15) is 10.0 Å². The van der Waals surface area contributed by atoms with Gasteiger partial charge in [0.2, 0.25) is 0 Å². The summed E-state index contributed by atoms with van der Waals surface area (Å²) in [5, 5.41) is 23.3. The molecule has 1 aliphatic heterocycles. The smallest absolute Gasteiger partial charge is 0.422 e. The molecule has 1 saturated heterocycles. The van der Waals surface area contributed by atoms with Gasteiger partial charge in [-0.15, -0.1) is 0 Å². The van der Waals surface area contributed by atoms with Crippen LogP contribution in [0.15, 0.2) is 6.07 Å². The lowest BCUT2D eigenvalue weighted by atomic mass is 9.85. The van der Waals surface area contributed by atoms with Crippen molar-refractivity contribution in [2.24, 2.45) is 0 Å². The van der Waals surface area contributed by atoms with Crippen LogP contribution in [0, 0.1) is 0 Å². The van der Waals surface area contributed by atoms with E-state index in [0.717, 1.165) is 44.4 Å². The Balaban J connectivity index is 1.89. The highest BCUT2D eigenvalue weighted by Gasteiger charge is 2.32. The normalized spacial score (nSPS) is 24.9. The molecule has 5 nitrogen and oxygen atoms in total. The molecule has 0 bridgehead atoms. The Kier molecular flexibility index (Phi) is 2.94. The summed E-state index contributed by atoms with van der Waals surface area (Å²) in [6.07, 6.45) is 5.25. The van der Waals surface area contributed by atoms with Crippen LogP contribution < -0.4 is 5.59 Å². The summed E-state index contributed by atoms with van der Waals surface area (Å²) in [6, 6.07) is 1.81. The van der Waals surface area contributed by atoms with Crippen LogP contribution in [-0.4, -0.2) is 33.6 Å². The molecule has 2 heterocycles. The average molecular weight is 236 g/mol. The van der Waals surface area contributed by atoms with Crippen LogP contribution in [0.1, 0.15) is 49.9 Å². The van der Waals surface area contributed by atoms with Crippen LogP contribution in [0.2, 0.25) is 0 Å². The van der Waals surface area contributed by atoms with Crippen LogP contribution in [0.3, 0.4) is 0 Å². The van der Waals surface area contributed by atoms with E-state index in [1.165, 1.54) is 0 Å². The van der Waals surface area contributed by atoms with Crippen molar-refractivity contribution in [3.05, 3.63) is 11.8 Å². The maximum atomic E-state index is 9.39. The molecule has 1 unspecified atom stereocenters. The number of ether oxygens (including phenoxy) is 1. The highest BCUT2D eigenvalue weighted by Crippen LogP contribution is 2.39. The van der Waals surface area contributed by atoms with Crippen LogP contribution in [0.25, 0.3) is 0 Å². The quantitative estimate of drug-likeness (QED) is 0.732. The SMILES string of the molecule is OB(O)c1cc(C2CC2)nn1C1CCCCO1. The lowest BCUT2D eigenvalue weighted by Crippen LogP contribution is -2.39.